The van der Waals surface area contributed by atoms with Crippen LogP contribution in [0, 0.1) is 6.92 Å². The summed E-state index contributed by atoms with van der Waals surface area (Å²) in [4.78, 5) is 7.96. The molecule has 0 amide bonds. The molecular formula is C16H19N3S. The number of rotatable bonds is 4. The quantitative estimate of drug-likeness (QED) is 0.749. The van der Waals surface area contributed by atoms with Gasteiger partial charge in [0, 0.05) is 35.4 Å². The number of aryl methyl sites for hydroxylation is 1. The second kappa shape index (κ2) is 5.29. The Bertz CT molecular complexity index is 726. The summed E-state index contributed by atoms with van der Waals surface area (Å²) in [6.45, 7) is 4.38. The third-order valence-electron chi connectivity index (χ3n) is 3.69. The van der Waals surface area contributed by atoms with E-state index in [0.29, 0.717) is 5.92 Å². The van der Waals surface area contributed by atoms with Gasteiger partial charge < -0.3 is 10.3 Å². The van der Waals surface area contributed by atoms with E-state index in [1.54, 1.807) is 11.3 Å². The number of hydrogen-bond acceptors (Lipinski definition) is 3. The van der Waals surface area contributed by atoms with E-state index in [2.05, 4.69) is 58.9 Å². The van der Waals surface area contributed by atoms with Crippen LogP contribution in [0.1, 0.15) is 29.7 Å². The third-order valence-corrected chi connectivity index (χ3v) is 4.57. The monoisotopic (exact) mass is 285 g/mol. The van der Waals surface area contributed by atoms with E-state index >= 15 is 0 Å². The minimum atomic E-state index is 0.424. The van der Waals surface area contributed by atoms with Gasteiger partial charge in [-0.1, -0.05) is 18.6 Å². The van der Waals surface area contributed by atoms with Crippen molar-refractivity contribution < 1.29 is 0 Å². The minimum absolute atomic E-state index is 0.424. The number of aromatic nitrogens is 2. The molecule has 4 heteroatoms. The molecule has 0 saturated carbocycles. The van der Waals surface area contributed by atoms with Crippen molar-refractivity contribution in [1.82, 2.24) is 9.97 Å². The molecule has 20 heavy (non-hydrogen) atoms. The van der Waals surface area contributed by atoms with Crippen LogP contribution >= 0.6 is 11.3 Å². The van der Waals surface area contributed by atoms with Gasteiger partial charge in [0.15, 0.2) is 5.13 Å². The van der Waals surface area contributed by atoms with Crippen LogP contribution in [0.2, 0.25) is 0 Å². The molecule has 0 aliphatic rings. The van der Waals surface area contributed by atoms with E-state index < -0.39 is 0 Å². The predicted molar refractivity (Wildman–Crippen MR) is 86.8 cm³/mol. The molecule has 0 fully saturated rings. The van der Waals surface area contributed by atoms with Gasteiger partial charge in [-0.2, -0.15) is 0 Å². The lowest BCUT2D eigenvalue weighted by Gasteiger charge is -2.08. The zero-order chi connectivity index (χ0) is 14.1. The first-order chi connectivity index (χ1) is 9.67. The van der Waals surface area contributed by atoms with E-state index in [1.807, 2.05) is 7.05 Å². The van der Waals surface area contributed by atoms with E-state index in [4.69, 9.17) is 0 Å². The zero-order valence-electron chi connectivity index (χ0n) is 12.0. The first-order valence-electron chi connectivity index (χ1n) is 6.87. The van der Waals surface area contributed by atoms with Gasteiger partial charge in [0.25, 0.3) is 0 Å². The molecule has 0 spiro atoms. The summed E-state index contributed by atoms with van der Waals surface area (Å²) in [7, 11) is 1.91. The van der Waals surface area contributed by atoms with Crippen LogP contribution in [-0.4, -0.2) is 17.0 Å². The molecule has 1 aromatic carbocycles. The maximum atomic E-state index is 4.60. The number of thiazole rings is 1. The Hall–Kier alpha value is -1.81. The van der Waals surface area contributed by atoms with Crippen LogP contribution in [-0.2, 0) is 6.42 Å². The summed E-state index contributed by atoms with van der Waals surface area (Å²) in [5.41, 5.74) is 5.06. The smallest absolute Gasteiger partial charge is 0.182 e. The Morgan fingerprint density at radius 1 is 1.40 bits per heavy atom. The number of hydrogen-bond donors (Lipinski definition) is 2. The fourth-order valence-electron chi connectivity index (χ4n) is 2.52. The Morgan fingerprint density at radius 2 is 2.25 bits per heavy atom. The summed E-state index contributed by atoms with van der Waals surface area (Å²) in [6.07, 6.45) is 3.14. The number of nitrogens with zero attached hydrogens (tertiary/aromatic N) is 1. The van der Waals surface area contributed by atoms with Crippen molar-refractivity contribution in [2.75, 3.05) is 12.4 Å². The topological polar surface area (TPSA) is 40.7 Å². The molecule has 0 aliphatic carbocycles. The molecule has 3 nitrogen and oxygen atoms in total. The van der Waals surface area contributed by atoms with E-state index in [9.17, 15) is 0 Å². The molecule has 0 bridgehead atoms. The van der Waals surface area contributed by atoms with Gasteiger partial charge in [-0.25, -0.2) is 4.98 Å². The van der Waals surface area contributed by atoms with Gasteiger partial charge >= 0.3 is 0 Å². The predicted octanol–water partition coefficient (Wildman–Crippen LogP) is 4.32. The molecule has 3 rings (SSSR count). The number of benzene rings is 1. The number of H-pyrrole nitrogens is 1. The SMILES string of the molecule is CNc1nc([C@@H](C)Cc2c[nH]c3ccc(C)cc23)cs1. The Morgan fingerprint density at radius 3 is 3.00 bits per heavy atom. The maximum absolute atomic E-state index is 4.60. The number of nitrogens with one attached hydrogen (secondary N) is 2. The van der Waals surface area contributed by atoms with Gasteiger partial charge in [-0.05, 0) is 31.0 Å². The Labute approximate surface area is 123 Å². The lowest BCUT2D eigenvalue weighted by atomic mass is 9.98. The average molecular weight is 285 g/mol. The third kappa shape index (κ3) is 2.43. The van der Waals surface area contributed by atoms with Crippen LogP contribution in [0.15, 0.2) is 29.8 Å². The first kappa shape index (κ1) is 13.2. The van der Waals surface area contributed by atoms with Crippen LogP contribution in [0.4, 0.5) is 5.13 Å². The number of aromatic amines is 1. The van der Waals surface area contributed by atoms with Gasteiger partial charge in [-0.3, -0.25) is 0 Å². The standard InChI is InChI=1S/C16H19N3S/c1-10-4-5-14-13(6-10)12(8-18-14)7-11(2)15-9-20-16(17-3)19-15/h4-6,8-9,11,18H,7H2,1-3H3,(H,17,19)/t11-/m0/s1. The fraction of sp³-hybridized carbons (Fsp3) is 0.312. The molecule has 0 aliphatic heterocycles. The summed E-state index contributed by atoms with van der Waals surface area (Å²) >= 11 is 1.67. The summed E-state index contributed by atoms with van der Waals surface area (Å²) in [5.74, 6) is 0.424. The highest BCUT2D eigenvalue weighted by Gasteiger charge is 2.13. The van der Waals surface area contributed by atoms with Crippen molar-refractivity contribution >= 4 is 27.4 Å². The van der Waals surface area contributed by atoms with E-state index in [-0.39, 0.29) is 0 Å². The lowest BCUT2D eigenvalue weighted by Crippen LogP contribution is -1.99. The normalized spacial score (nSPS) is 12.8. The lowest BCUT2D eigenvalue weighted by molar-refractivity contribution is 0.741. The van der Waals surface area contributed by atoms with Crippen LogP contribution in [0.3, 0.4) is 0 Å². The molecule has 2 aromatic heterocycles. The molecule has 104 valence electrons. The second-order valence-electron chi connectivity index (χ2n) is 5.30. The molecule has 3 aromatic rings. The van der Waals surface area contributed by atoms with Crippen LogP contribution in [0.5, 0.6) is 0 Å². The Balaban J connectivity index is 1.87. The van der Waals surface area contributed by atoms with Crippen molar-refractivity contribution in [1.29, 1.82) is 0 Å². The van der Waals surface area contributed by atoms with Crippen molar-refractivity contribution in [2.45, 2.75) is 26.2 Å². The average Bonchev–Trinajstić information content (AvgIpc) is 3.06. The fourth-order valence-corrected chi connectivity index (χ4v) is 3.32. The van der Waals surface area contributed by atoms with Crippen LogP contribution < -0.4 is 5.32 Å². The molecular weight excluding hydrogens is 266 g/mol. The number of anilines is 1. The van der Waals surface area contributed by atoms with E-state index in [1.165, 1.54) is 27.7 Å². The van der Waals surface area contributed by atoms with Gasteiger partial charge in [0.05, 0.1) is 5.69 Å². The highest BCUT2D eigenvalue weighted by Crippen LogP contribution is 2.28. The second-order valence-corrected chi connectivity index (χ2v) is 6.15. The molecule has 0 unspecified atom stereocenters. The molecule has 2 heterocycles. The van der Waals surface area contributed by atoms with Gasteiger partial charge in [0.2, 0.25) is 0 Å². The first-order valence-corrected chi connectivity index (χ1v) is 7.75. The Kier molecular flexibility index (Phi) is 3.49. The maximum Gasteiger partial charge on any atom is 0.182 e. The molecule has 0 saturated heterocycles. The number of fused-ring (bicyclic) bond motifs is 1. The van der Waals surface area contributed by atoms with E-state index in [0.717, 1.165) is 11.6 Å². The van der Waals surface area contributed by atoms with Crippen molar-refractivity contribution in [2.24, 2.45) is 0 Å². The largest absolute Gasteiger partial charge is 0.365 e. The van der Waals surface area contributed by atoms with Crippen LogP contribution in [0.25, 0.3) is 10.9 Å². The summed E-state index contributed by atoms with van der Waals surface area (Å²) in [5, 5.41) is 7.57. The zero-order valence-corrected chi connectivity index (χ0v) is 12.8. The molecule has 2 N–H and O–H groups in total. The minimum Gasteiger partial charge on any atom is -0.365 e. The molecule has 1 atom stereocenters. The summed E-state index contributed by atoms with van der Waals surface area (Å²) < 4.78 is 0. The van der Waals surface area contributed by atoms with Gasteiger partial charge in [-0.15, -0.1) is 11.3 Å². The highest BCUT2D eigenvalue weighted by molar-refractivity contribution is 7.13. The van der Waals surface area contributed by atoms with Crippen molar-refractivity contribution in [3.05, 3.63) is 46.6 Å². The molecule has 0 radical (unpaired) electrons. The summed E-state index contributed by atoms with van der Waals surface area (Å²) in [6, 6.07) is 6.56. The van der Waals surface area contributed by atoms with Gasteiger partial charge in [0.1, 0.15) is 0 Å². The van der Waals surface area contributed by atoms with Crippen molar-refractivity contribution in [3.8, 4) is 0 Å². The van der Waals surface area contributed by atoms with Crippen molar-refractivity contribution in [3.63, 3.8) is 0 Å². The highest BCUT2D eigenvalue weighted by atomic mass is 32.1.